The zero-order valence-electron chi connectivity index (χ0n) is 32.9. The molecule has 0 fully saturated rings. The normalized spacial score (nSPS) is 15.1. The van der Waals surface area contributed by atoms with Crippen LogP contribution in [0.2, 0.25) is 38.3 Å². The Bertz CT molecular complexity index is 2700. The Morgan fingerprint density at radius 3 is 1.94 bits per heavy atom. The van der Waals surface area contributed by atoms with Gasteiger partial charge in [0.05, 0.1) is 38.4 Å². The smallest absolute Gasteiger partial charge is 0.149 e. The molecule has 9 rings (SSSR count). The highest BCUT2D eigenvalue weighted by molar-refractivity contribution is 7.03. The number of furan rings is 1. The number of hydrogen-bond acceptors (Lipinski definition) is 2. The van der Waals surface area contributed by atoms with Crippen molar-refractivity contribution < 1.29 is 4.42 Å². The van der Waals surface area contributed by atoms with E-state index < -0.39 is 16.1 Å². The molecule has 2 aromatic heterocycles. The molecule has 0 amide bonds. The Hall–Kier alpha value is -4.98. The molecular weight excluding hydrogens is 689 g/mol. The summed E-state index contributed by atoms with van der Waals surface area (Å²) in [6, 6.07) is 47.7. The molecule has 6 aromatic carbocycles. The standard InChI is InChI=1S/C49H50N2OSi2/c1-31(2)40-27-36(33-15-10-9-11-16-33)28-41(32(3)4)47(40)51-43-20-13-12-19-42(43)50-49(51)39-18-14-17-38-37-23-21-34(29-44(37)52-48(38)39)35-22-24-45-46(30-35)54(7,8)26-25-53(45,5)6/h9-24,27-32H,25-26H2,1-8H3. The van der Waals surface area contributed by atoms with Crippen molar-refractivity contribution in [2.75, 3.05) is 0 Å². The molecule has 0 aliphatic carbocycles. The van der Waals surface area contributed by atoms with Gasteiger partial charge in [-0.1, -0.05) is 155 Å². The van der Waals surface area contributed by atoms with Gasteiger partial charge in [0.1, 0.15) is 17.0 Å². The maximum Gasteiger partial charge on any atom is 0.149 e. The number of fused-ring (bicyclic) bond motifs is 5. The van der Waals surface area contributed by atoms with Crippen molar-refractivity contribution in [3.8, 4) is 39.3 Å². The molecule has 0 saturated heterocycles. The van der Waals surface area contributed by atoms with Crippen LogP contribution in [0.5, 0.6) is 0 Å². The van der Waals surface area contributed by atoms with Crippen LogP contribution in [0.15, 0.2) is 126 Å². The van der Waals surface area contributed by atoms with Crippen molar-refractivity contribution in [2.45, 2.75) is 77.8 Å². The fraction of sp³-hybridized carbons (Fsp3) is 0.245. The van der Waals surface area contributed by atoms with Crippen LogP contribution in [-0.4, -0.2) is 25.7 Å². The first-order valence-corrected chi connectivity index (χ1v) is 26.1. The minimum Gasteiger partial charge on any atom is -0.455 e. The minimum atomic E-state index is -1.48. The number of para-hydroxylation sites is 3. The van der Waals surface area contributed by atoms with Crippen molar-refractivity contribution in [3.05, 3.63) is 132 Å². The Kier molecular flexibility index (Phi) is 8.25. The van der Waals surface area contributed by atoms with E-state index in [4.69, 9.17) is 9.40 Å². The molecule has 5 heteroatoms. The molecule has 0 saturated carbocycles. The Morgan fingerprint density at radius 1 is 0.574 bits per heavy atom. The monoisotopic (exact) mass is 738 g/mol. The molecular formula is C49H50N2OSi2. The van der Waals surface area contributed by atoms with Gasteiger partial charge in [0.25, 0.3) is 0 Å². The first kappa shape index (κ1) is 34.8. The van der Waals surface area contributed by atoms with Crippen LogP contribution in [0.25, 0.3) is 72.3 Å². The first-order chi connectivity index (χ1) is 25.9. The molecule has 3 heterocycles. The number of nitrogens with zero attached hydrogens (tertiary/aromatic N) is 2. The average Bonchev–Trinajstić information content (AvgIpc) is 3.74. The second-order valence-electron chi connectivity index (χ2n) is 17.5. The molecule has 8 aromatic rings. The van der Waals surface area contributed by atoms with Crippen LogP contribution >= 0.6 is 0 Å². The SMILES string of the molecule is CC(C)c1cc(-c2ccccc2)cc(C(C)C)c1-n1c(-c2cccc3c2oc2cc(-c4ccc5c(c4)[Si](C)(C)CC[Si]5(C)C)ccc23)nc2ccccc21. The molecule has 0 bridgehead atoms. The quantitative estimate of drug-likeness (QED) is 0.159. The van der Waals surface area contributed by atoms with E-state index in [1.165, 1.54) is 51.2 Å². The maximum atomic E-state index is 6.97. The molecule has 0 radical (unpaired) electrons. The van der Waals surface area contributed by atoms with Crippen LogP contribution in [0.3, 0.4) is 0 Å². The van der Waals surface area contributed by atoms with E-state index in [1.807, 2.05) is 0 Å². The van der Waals surface area contributed by atoms with Crippen molar-refractivity contribution in [1.29, 1.82) is 0 Å². The summed E-state index contributed by atoms with van der Waals surface area (Å²) >= 11 is 0. The van der Waals surface area contributed by atoms with Crippen LogP contribution in [0, 0.1) is 0 Å². The van der Waals surface area contributed by atoms with Crippen molar-refractivity contribution in [1.82, 2.24) is 9.55 Å². The zero-order chi connectivity index (χ0) is 37.5. The Labute approximate surface area is 321 Å². The van der Waals surface area contributed by atoms with Crippen molar-refractivity contribution in [3.63, 3.8) is 0 Å². The maximum absolute atomic E-state index is 6.97. The summed E-state index contributed by atoms with van der Waals surface area (Å²) in [6.07, 6.45) is 0. The summed E-state index contributed by atoms with van der Waals surface area (Å²) in [5, 5.41) is 5.61. The van der Waals surface area contributed by atoms with Gasteiger partial charge in [0.15, 0.2) is 0 Å². The van der Waals surface area contributed by atoms with Gasteiger partial charge in [-0.25, -0.2) is 4.98 Å². The third-order valence-corrected chi connectivity index (χ3v) is 19.7. The zero-order valence-corrected chi connectivity index (χ0v) is 34.9. The summed E-state index contributed by atoms with van der Waals surface area (Å²) < 4.78 is 9.39. The van der Waals surface area contributed by atoms with Gasteiger partial charge < -0.3 is 4.42 Å². The second-order valence-corrected chi connectivity index (χ2v) is 27.1. The summed E-state index contributed by atoms with van der Waals surface area (Å²) in [6.45, 7) is 19.4. The predicted octanol–water partition coefficient (Wildman–Crippen LogP) is 13.0. The molecule has 0 N–H and O–H groups in total. The average molecular weight is 739 g/mol. The summed E-state index contributed by atoms with van der Waals surface area (Å²) in [7, 11) is -2.88. The largest absolute Gasteiger partial charge is 0.455 e. The molecule has 1 aliphatic heterocycles. The van der Waals surface area contributed by atoms with Gasteiger partial charge >= 0.3 is 0 Å². The second kappa shape index (κ2) is 12.8. The summed E-state index contributed by atoms with van der Waals surface area (Å²) in [5.74, 6) is 1.49. The minimum absolute atomic E-state index is 0.292. The molecule has 0 atom stereocenters. The van der Waals surface area contributed by atoms with Crippen LogP contribution in [0.1, 0.15) is 50.7 Å². The molecule has 0 spiro atoms. The topological polar surface area (TPSA) is 31.0 Å². The number of benzene rings is 6. The summed E-state index contributed by atoms with van der Waals surface area (Å²) in [5.41, 5.74) is 13.7. The van der Waals surface area contributed by atoms with Gasteiger partial charge in [-0.15, -0.1) is 0 Å². The third kappa shape index (κ3) is 5.63. The lowest BCUT2D eigenvalue weighted by Crippen LogP contribution is -2.63. The molecule has 270 valence electrons. The van der Waals surface area contributed by atoms with Crippen LogP contribution in [0.4, 0.5) is 0 Å². The molecule has 1 aliphatic rings. The third-order valence-electron chi connectivity index (χ3n) is 12.2. The van der Waals surface area contributed by atoms with Crippen molar-refractivity contribution >= 4 is 59.5 Å². The van der Waals surface area contributed by atoms with Crippen LogP contribution < -0.4 is 10.4 Å². The highest BCUT2D eigenvalue weighted by Crippen LogP contribution is 2.43. The molecule has 54 heavy (non-hydrogen) atoms. The fourth-order valence-electron chi connectivity index (χ4n) is 8.97. The van der Waals surface area contributed by atoms with Crippen LogP contribution in [-0.2, 0) is 0 Å². The first-order valence-electron chi connectivity index (χ1n) is 19.7. The van der Waals surface area contributed by atoms with Crippen molar-refractivity contribution in [2.24, 2.45) is 0 Å². The van der Waals surface area contributed by atoms with E-state index in [0.717, 1.165) is 44.4 Å². The van der Waals surface area contributed by atoms with Gasteiger partial charge in [0.2, 0.25) is 0 Å². The lowest BCUT2D eigenvalue weighted by molar-refractivity contribution is 0.669. The van der Waals surface area contributed by atoms with E-state index in [9.17, 15) is 0 Å². The number of imidazole rings is 1. The lowest BCUT2D eigenvalue weighted by atomic mass is 9.88. The van der Waals surface area contributed by atoms with E-state index in [0.29, 0.717) is 11.8 Å². The Balaban J connectivity index is 1.25. The summed E-state index contributed by atoms with van der Waals surface area (Å²) in [4.78, 5) is 5.40. The van der Waals surface area contributed by atoms with Gasteiger partial charge in [-0.3, -0.25) is 4.57 Å². The molecule has 0 unspecified atom stereocenters. The number of hydrogen-bond donors (Lipinski definition) is 0. The van der Waals surface area contributed by atoms with Gasteiger partial charge in [-0.2, -0.15) is 0 Å². The predicted molar refractivity (Wildman–Crippen MR) is 237 cm³/mol. The number of aromatic nitrogens is 2. The highest BCUT2D eigenvalue weighted by atomic mass is 28.3. The lowest BCUT2D eigenvalue weighted by Gasteiger charge is -2.39. The Morgan fingerprint density at radius 2 is 1.22 bits per heavy atom. The van der Waals surface area contributed by atoms with Gasteiger partial charge in [-0.05, 0) is 87.7 Å². The van der Waals surface area contributed by atoms with E-state index >= 15 is 0 Å². The van der Waals surface area contributed by atoms with E-state index in [-0.39, 0.29) is 0 Å². The van der Waals surface area contributed by atoms with Gasteiger partial charge in [0, 0.05) is 10.8 Å². The van der Waals surface area contributed by atoms with E-state index in [1.54, 1.807) is 10.4 Å². The number of rotatable bonds is 6. The van der Waals surface area contributed by atoms with E-state index in [2.05, 4.69) is 180 Å². The highest BCUT2D eigenvalue weighted by Gasteiger charge is 2.39. The fourth-order valence-corrected chi connectivity index (χ4v) is 19.2. The molecule has 3 nitrogen and oxygen atoms in total.